The van der Waals surface area contributed by atoms with Crippen molar-refractivity contribution in [2.75, 3.05) is 28.4 Å². The Labute approximate surface area is 234 Å². The number of ether oxygens (including phenoxy) is 4. The number of hydrogen-bond acceptors (Lipinski definition) is 5. The van der Waals surface area contributed by atoms with E-state index in [1.54, 1.807) is 28.4 Å². The first kappa shape index (κ1) is 28.2. The molecule has 4 aromatic rings. The van der Waals surface area contributed by atoms with Crippen molar-refractivity contribution < 1.29 is 20.4 Å². The second-order valence-corrected chi connectivity index (χ2v) is 33.2. The predicted octanol–water partition coefficient (Wildman–Crippen LogP) is 4.03. The molecule has 0 N–H and O–H groups in total. The molecular weight excluding hydrogens is 725 g/mol. The minimum atomic E-state index is -4.36. The Bertz CT molecular complexity index is 1100. The van der Waals surface area contributed by atoms with Crippen LogP contribution in [-0.4, -0.2) is 63.8 Å². The molecule has 0 saturated carbocycles. The number of benzene rings is 4. The Kier molecular flexibility index (Phi) is 9.45. The monoisotopic (exact) mass is 754 g/mol. The fraction of sp³-hybridized carbons (Fsp3) is 0.143. The minimum absolute atomic E-state index is 0.745. The van der Waals surface area contributed by atoms with Gasteiger partial charge in [-0.15, -0.1) is 0 Å². The summed E-state index contributed by atoms with van der Waals surface area (Å²) >= 11 is -8.73. The van der Waals surface area contributed by atoms with Gasteiger partial charge in [-0.2, -0.15) is 0 Å². The first-order valence-electron chi connectivity index (χ1n) is 11.5. The van der Waals surface area contributed by atoms with Crippen LogP contribution in [0, 0.1) is 0 Å². The molecular formula is C28H28Cl2O5Sn2. The van der Waals surface area contributed by atoms with Gasteiger partial charge in [-0.1, -0.05) is 0 Å². The zero-order valence-electron chi connectivity index (χ0n) is 21.0. The van der Waals surface area contributed by atoms with E-state index in [0.29, 0.717) is 0 Å². The van der Waals surface area contributed by atoms with E-state index in [9.17, 15) is 0 Å². The molecule has 0 spiro atoms. The van der Waals surface area contributed by atoms with Gasteiger partial charge in [0.1, 0.15) is 0 Å². The molecule has 0 saturated heterocycles. The Morgan fingerprint density at radius 1 is 0.378 bits per heavy atom. The number of hydrogen-bond donors (Lipinski definition) is 0. The molecule has 0 unspecified atom stereocenters. The van der Waals surface area contributed by atoms with Crippen molar-refractivity contribution in [1.82, 2.24) is 0 Å². The van der Waals surface area contributed by atoms with Crippen molar-refractivity contribution in [1.29, 1.82) is 0 Å². The predicted molar refractivity (Wildman–Crippen MR) is 155 cm³/mol. The van der Waals surface area contributed by atoms with E-state index < -0.39 is 35.3 Å². The van der Waals surface area contributed by atoms with E-state index in [-0.39, 0.29) is 0 Å². The third kappa shape index (κ3) is 6.11. The molecule has 0 fully saturated rings. The Morgan fingerprint density at radius 3 is 0.730 bits per heavy atom. The average molecular weight is 753 g/mol. The van der Waals surface area contributed by atoms with Crippen LogP contribution in [0.4, 0.5) is 0 Å². The van der Waals surface area contributed by atoms with Crippen LogP contribution in [0.25, 0.3) is 0 Å². The molecule has 0 aliphatic heterocycles. The van der Waals surface area contributed by atoms with Crippen LogP contribution in [0.1, 0.15) is 0 Å². The molecule has 0 aliphatic rings. The maximum atomic E-state index is 7.71. The van der Waals surface area contributed by atoms with Crippen molar-refractivity contribution in [3.63, 3.8) is 0 Å². The fourth-order valence-electron chi connectivity index (χ4n) is 3.98. The van der Waals surface area contributed by atoms with E-state index in [1.165, 1.54) is 0 Å². The van der Waals surface area contributed by atoms with Gasteiger partial charge >= 0.3 is 236 Å². The number of rotatable bonds is 10. The van der Waals surface area contributed by atoms with Crippen LogP contribution in [0.5, 0.6) is 23.0 Å². The summed E-state index contributed by atoms with van der Waals surface area (Å²) in [5.41, 5.74) is 0. The van der Waals surface area contributed by atoms with Gasteiger partial charge in [-0.3, -0.25) is 0 Å². The zero-order chi connectivity index (χ0) is 26.5. The zero-order valence-corrected chi connectivity index (χ0v) is 28.3. The van der Waals surface area contributed by atoms with E-state index in [1.807, 2.05) is 97.1 Å². The molecule has 0 atom stereocenters. The summed E-state index contributed by atoms with van der Waals surface area (Å²) in [5, 5.41) is 0. The Hall–Kier alpha value is -1.78. The summed E-state index contributed by atoms with van der Waals surface area (Å²) in [6.45, 7) is 0. The van der Waals surface area contributed by atoms with Gasteiger partial charge in [-0.25, -0.2) is 0 Å². The maximum absolute atomic E-state index is 7.71. The Morgan fingerprint density at radius 2 is 0.568 bits per heavy atom. The van der Waals surface area contributed by atoms with Gasteiger partial charge in [0.15, 0.2) is 0 Å². The summed E-state index contributed by atoms with van der Waals surface area (Å²) in [6.07, 6.45) is 0. The number of methoxy groups -OCH3 is 4. The third-order valence-electron chi connectivity index (χ3n) is 6.13. The normalized spacial score (nSPS) is 11.6. The van der Waals surface area contributed by atoms with E-state index in [4.69, 9.17) is 38.2 Å². The molecule has 9 heteroatoms. The molecule has 5 nitrogen and oxygen atoms in total. The van der Waals surface area contributed by atoms with Crippen molar-refractivity contribution in [2.24, 2.45) is 0 Å². The second-order valence-electron chi connectivity index (χ2n) is 8.21. The van der Waals surface area contributed by atoms with Crippen molar-refractivity contribution >= 4 is 67.5 Å². The number of halogens is 2. The van der Waals surface area contributed by atoms with Crippen LogP contribution in [-0.2, 0) is 1.41 Å². The van der Waals surface area contributed by atoms with Crippen LogP contribution in [0.2, 0.25) is 0 Å². The molecule has 0 bridgehead atoms. The molecule has 0 amide bonds. The molecule has 0 aromatic heterocycles. The van der Waals surface area contributed by atoms with E-state index >= 15 is 0 Å². The SMILES string of the molecule is COc1cc[c]([Sn]([Cl])([O][Sn]([Cl])([c]2ccc(OC)cc2)[c]2ccc(OC)cc2)[c]2ccc(OC)cc2)cc1. The standard InChI is InChI=1S/4C7H7O.2ClH.O.2Sn/c4*1-8-7-5-3-2-4-6-7;;;;;/h4*3-6H,1H3;2*1H;;;/q;;;;;;;2*+1/p-2. The summed E-state index contributed by atoms with van der Waals surface area (Å²) in [7, 11) is 22.0. The summed E-state index contributed by atoms with van der Waals surface area (Å²) < 4.78 is 32.5. The van der Waals surface area contributed by atoms with Gasteiger partial charge in [0.05, 0.1) is 0 Å². The van der Waals surface area contributed by atoms with Gasteiger partial charge in [0.25, 0.3) is 0 Å². The first-order chi connectivity index (χ1) is 17.9. The molecule has 0 radical (unpaired) electrons. The van der Waals surface area contributed by atoms with Gasteiger partial charge in [-0.05, 0) is 0 Å². The molecule has 0 heterocycles. The quantitative estimate of drug-likeness (QED) is 0.229. The van der Waals surface area contributed by atoms with Gasteiger partial charge < -0.3 is 0 Å². The van der Waals surface area contributed by atoms with Gasteiger partial charge in [0, 0.05) is 0 Å². The van der Waals surface area contributed by atoms with Crippen LogP contribution in [0.15, 0.2) is 97.1 Å². The second kappa shape index (κ2) is 12.4. The van der Waals surface area contributed by atoms with E-state index in [2.05, 4.69) is 0 Å². The first-order valence-corrected chi connectivity index (χ1v) is 26.8. The average Bonchev–Trinajstić information content (AvgIpc) is 2.97. The molecule has 192 valence electrons. The third-order valence-corrected chi connectivity index (χ3v) is 43.6. The van der Waals surface area contributed by atoms with Crippen LogP contribution in [0.3, 0.4) is 0 Å². The molecule has 4 rings (SSSR count). The topological polar surface area (TPSA) is 46.2 Å². The van der Waals surface area contributed by atoms with Crippen molar-refractivity contribution in [2.45, 2.75) is 0 Å². The molecule has 37 heavy (non-hydrogen) atoms. The van der Waals surface area contributed by atoms with E-state index in [0.717, 1.165) is 37.3 Å². The summed E-state index contributed by atoms with van der Waals surface area (Å²) in [4.78, 5) is 0. The van der Waals surface area contributed by atoms with Crippen LogP contribution < -0.4 is 33.3 Å². The summed E-state index contributed by atoms with van der Waals surface area (Å²) in [6, 6.07) is 31.1. The molecule has 0 aliphatic carbocycles. The fourth-order valence-corrected chi connectivity index (χ4v) is 47.2. The van der Waals surface area contributed by atoms with Gasteiger partial charge in [0.2, 0.25) is 0 Å². The molecule has 4 aromatic carbocycles. The van der Waals surface area contributed by atoms with Crippen molar-refractivity contribution in [3.8, 4) is 23.0 Å². The van der Waals surface area contributed by atoms with Crippen LogP contribution >= 0.6 is 17.8 Å². The summed E-state index contributed by atoms with van der Waals surface area (Å²) in [5.74, 6) is 2.98. The van der Waals surface area contributed by atoms with Crippen molar-refractivity contribution in [3.05, 3.63) is 97.1 Å². The Balaban J connectivity index is 1.90.